The minimum absolute atomic E-state index is 0.0259. The van der Waals surface area contributed by atoms with E-state index in [-0.39, 0.29) is 32.0 Å². The maximum Gasteiger partial charge on any atom is 0.306 e. The van der Waals surface area contributed by atoms with Gasteiger partial charge in [-0.2, -0.15) is 0 Å². The lowest BCUT2D eigenvalue weighted by atomic mass is 10.0. The van der Waals surface area contributed by atoms with Gasteiger partial charge >= 0.3 is 11.9 Å². The summed E-state index contributed by atoms with van der Waals surface area (Å²) < 4.78 is 33.8. The van der Waals surface area contributed by atoms with Crippen LogP contribution in [0, 0.1) is 0 Å². The Balaban J connectivity index is 4.10. The number of carbonyl (C=O) groups is 2. The van der Waals surface area contributed by atoms with Crippen molar-refractivity contribution in [3.63, 3.8) is 0 Å². The molecule has 0 aromatic rings. The number of carbonyl (C=O) groups excluding carboxylic acids is 2. The standard InChI is InChI=1S/C45H90NO8P/c1-6-8-10-12-14-16-17-18-19-20-21-22-23-24-25-26-27-28-29-30-32-34-36-38-45(48)54-43(42-53-55(49,50)52-40-39-46(3,4)5)41-51-44(47)37-35-33-31-15-13-11-9-7-2/h43H,6-42H2,1-5H3. The fourth-order valence-corrected chi connectivity index (χ4v) is 7.44. The van der Waals surface area contributed by atoms with Crippen molar-refractivity contribution < 1.29 is 42.1 Å². The van der Waals surface area contributed by atoms with Crippen LogP contribution in [0.15, 0.2) is 0 Å². The highest BCUT2D eigenvalue weighted by Gasteiger charge is 2.21. The largest absolute Gasteiger partial charge is 0.756 e. The van der Waals surface area contributed by atoms with Crippen LogP contribution in [0.4, 0.5) is 0 Å². The number of ether oxygens (including phenoxy) is 2. The molecule has 0 aliphatic heterocycles. The normalized spacial score (nSPS) is 13.5. The van der Waals surface area contributed by atoms with Gasteiger partial charge in [0.1, 0.15) is 19.8 Å². The van der Waals surface area contributed by atoms with Crippen LogP contribution in [0.3, 0.4) is 0 Å². The van der Waals surface area contributed by atoms with Gasteiger partial charge in [0.2, 0.25) is 0 Å². The van der Waals surface area contributed by atoms with Crippen molar-refractivity contribution in [1.29, 1.82) is 0 Å². The molecule has 55 heavy (non-hydrogen) atoms. The molecule has 0 aromatic heterocycles. The Labute approximate surface area is 340 Å². The predicted molar refractivity (Wildman–Crippen MR) is 227 cm³/mol. The van der Waals surface area contributed by atoms with E-state index < -0.39 is 26.5 Å². The predicted octanol–water partition coefficient (Wildman–Crippen LogP) is 12.6. The number of quaternary nitrogens is 1. The van der Waals surface area contributed by atoms with Crippen molar-refractivity contribution in [3.8, 4) is 0 Å². The van der Waals surface area contributed by atoms with Gasteiger partial charge in [-0.15, -0.1) is 0 Å². The summed E-state index contributed by atoms with van der Waals surface area (Å²) >= 11 is 0. The van der Waals surface area contributed by atoms with Gasteiger partial charge in [0.15, 0.2) is 6.10 Å². The third-order valence-electron chi connectivity index (χ3n) is 10.4. The zero-order valence-corrected chi connectivity index (χ0v) is 37.8. The van der Waals surface area contributed by atoms with Crippen molar-refractivity contribution in [3.05, 3.63) is 0 Å². The summed E-state index contributed by atoms with van der Waals surface area (Å²) in [5.74, 6) is -0.825. The van der Waals surface area contributed by atoms with Crippen molar-refractivity contribution >= 4 is 19.8 Å². The van der Waals surface area contributed by atoms with Gasteiger partial charge in [0.25, 0.3) is 7.82 Å². The first-order valence-corrected chi connectivity index (χ1v) is 24.7. The fraction of sp³-hybridized carbons (Fsp3) is 0.956. The molecule has 2 unspecified atom stereocenters. The molecule has 10 heteroatoms. The molecule has 0 amide bonds. The number of rotatable bonds is 43. The lowest BCUT2D eigenvalue weighted by molar-refractivity contribution is -0.870. The Bertz CT molecular complexity index is 912. The van der Waals surface area contributed by atoms with Crippen LogP contribution in [-0.2, 0) is 32.7 Å². The number of phosphoric ester groups is 1. The minimum atomic E-state index is -4.61. The zero-order valence-electron chi connectivity index (χ0n) is 36.9. The molecular weight excluding hydrogens is 713 g/mol. The molecular formula is C45H90NO8P. The summed E-state index contributed by atoms with van der Waals surface area (Å²) in [5.41, 5.74) is 0. The molecule has 0 heterocycles. The van der Waals surface area contributed by atoms with Gasteiger partial charge in [0, 0.05) is 12.8 Å². The summed E-state index contributed by atoms with van der Waals surface area (Å²) in [6.45, 7) is 4.23. The Morgan fingerprint density at radius 3 is 1.16 bits per heavy atom. The van der Waals surface area contributed by atoms with Crippen LogP contribution in [0.5, 0.6) is 0 Å². The van der Waals surface area contributed by atoms with Gasteiger partial charge in [-0.05, 0) is 12.8 Å². The maximum absolute atomic E-state index is 12.7. The van der Waals surface area contributed by atoms with Gasteiger partial charge in [-0.25, -0.2) is 0 Å². The first-order chi connectivity index (χ1) is 26.5. The second-order valence-electron chi connectivity index (χ2n) is 17.1. The summed E-state index contributed by atoms with van der Waals surface area (Å²) in [6.07, 6.45) is 38.7. The van der Waals surface area contributed by atoms with E-state index in [2.05, 4.69) is 13.8 Å². The molecule has 0 saturated heterocycles. The average molecular weight is 804 g/mol. The Morgan fingerprint density at radius 2 is 0.818 bits per heavy atom. The number of likely N-dealkylation sites (N-methyl/N-ethyl adjacent to an activating group) is 1. The van der Waals surface area contributed by atoms with Gasteiger partial charge in [-0.3, -0.25) is 14.2 Å². The molecule has 0 N–H and O–H groups in total. The molecule has 0 aliphatic rings. The molecule has 0 rings (SSSR count). The summed E-state index contributed by atoms with van der Waals surface area (Å²) in [5, 5.41) is 0. The topological polar surface area (TPSA) is 111 Å². The Morgan fingerprint density at radius 1 is 0.491 bits per heavy atom. The molecule has 0 bridgehead atoms. The van der Waals surface area contributed by atoms with E-state index in [1.54, 1.807) is 0 Å². The highest BCUT2D eigenvalue weighted by Crippen LogP contribution is 2.38. The lowest BCUT2D eigenvalue weighted by Crippen LogP contribution is -2.37. The third-order valence-corrected chi connectivity index (χ3v) is 11.3. The molecule has 9 nitrogen and oxygen atoms in total. The number of nitrogens with zero attached hydrogens (tertiary/aromatic N) is 1. The summed E-state index contributed by atoms with van der Waals surface area (Å²) in [4.78, 5) is 37.4. The fourth-order valence-electron chi connectivity index (χ4n) is 6.72. The average Bonchev–Trinajstić information content (AvgIpc) is 3.13. The maximum atomic E-state index is 12.7. The Kier molecular flexibility index (Phi) is 37.8. The van der Waals surface area contributed by atoms with E-state index in [1.807, 2.05) is 21.1 Å². The molecule has 0 spiro atoms. The number of esters is 2. The van der Waals surface area contributed by atoms with E-state index in [4.69, 9.17) is 18.5 Å². The highest BCUT2D eigenvalue weighted by molar-refractivity contribution is 7.45. The molecule has 0 saturated carbocycles. The first kappa shape index (κ1) is 54.0. The number of unbranched alkanes of at least 4 members (excludes halogenated alkanes) is 29. The van der Waals surface area contributed by atoms with E-state index in [9.17, 15) is 19.0 Å². The monoisotopic (exact) mass is 804 g/mol. The Hall–Kier alpha value is -0.990. The lowest BCUT2D eigenvalue weighted by Gasteiger charge is -2.28. The first-order valence-electron chi connectivity index (χ1n) is 23.2. The second-order valence-corrected chi connectivity index (χ2v) is 18.5. The van der Waals surface area contributed by atoms with E-state index in [0.717, 1.165) is 32.1 Å². The molecule has 328 valence electrons. The van der Waals surface area contributed by atoms with E-state index in [1.165, 1.54) is 161 Å². The second kappa shape index (κ2) is 38.5. The van der Waals surface area contributed by atoms with E-state index >= 15 is 0 Å². The molecule has 2 atom stereocenters. The molecule has 0 fully saturated rings. The van der Waals surface area contributed by atoms with Crippen LogP contribution >= 0.6 is 7.82 Å². The number of hydrogen-bond acceptors (Lipinski definition) is 8. The van der Waals surface area contributed by atoms with Crippen molar-refractivity contribution in [2.75, 3.05) is 47.5 Å². The summed E-state index contributed by atoms with van der Waals surface area (Å²) in [6, 6.07) is 0. The summed E-state index contributed by atoms with van der Waals surface area (Å²) in [7, 11) is 1.18. The minimum Gasteiger partial charge on any atom is -0.756 e. The van der Waals surface area contributed by atoms with Crippen molar-refractivity contribution in [2.45, 2.75) is 232 Å². The van der Waals surface area contributed by atoms with E-state index in [0.29, 0.717) is 17.4 Å². The van der Waals surface area contributed by atoms with Gasteiger partial charge in [0.05, 0.1) is 27.7 Å². The van der Waals surface area contributed by atoms with Crippen molar-refractivity contribution in [2.24, 2.45) is 0 Å². The molecule has 0 aliphatic carbocycles. The van der Waals surface area contributed by atoms with Crippen LogP contribution in [0.25, 0.3) is 0 Å². The number of phosphoric acid groups is 1. The van der Waals surface area contributed by atoms with Crippen LogP contribution in [-0.4, -0.2) is 70.0 Å². The molecule has 0 aromatic carbocycles. The molecule has 0 radical (unpaired) electrons. The van der Waals surface area contributed by atoms with Crippen LogP contribution in [0.1, 0.15) is 226 Å². The van der Waals surface area contributed by atoms with Crippen LogP contribution < -0.4 is 4.89 Å². The number of hydrogen-bond donors (Lipinski definition) is 0. The smallest absolute Gasteiger partial charge is 0.306 e. The SMILES string of the molecule is CCCCCCCCCCCCCCCCCCCCCCCCCC(=O)OC(COC(=O)CCCCCCCCCC)COP(=O)([O-])OCC[N+](C)(C)C. The van der Waals surface area contributed by atoms with Gasteiger partial charge in [-0.1, -0.05) is 200 Å². The zero-order chi connectivity index (χ0) is 40.7. The quantitative estimate of drug-likeness (QED) is 0.0259. The van der Waals surface area contributed by atoms with Gasteiger partial charge < -0.3 is 27.9 Å². The third kappa shape index (κ3) is 42.4. The van der Waals surface area contributed by atoms with Crippen LogP contribution in [0.2, 0.25) is 0 Å². The highest BCUT2D eigenvalue weighted by atomic mass is 31.2. The van der Waals surface area contributed by atoms with Crippen molar-refractivity contribution in [1.82, 2.24) is 0 Å².